The van der Waals surface area contributed by atoms with Gasteiger partial charge < -0.3 is 10.2 Å². The topological polar surface area (TPSA) is 112 Å². The molecule has 0 bridgehead atoms. The van der Waals surface area contributed by atoms with Gasteiger partial charge in [0, 0.05) is 22.4 Å². The molecule has 0 saturated carbocycles. The lowest BCUT2D eigenvalue weighted by molar-refractivity contribution is 0.0946. The normalized spacial score (nSPS) is 10.2. The first-order chi connectivity index (χ1) is 10.7. The van der Waals surface area contributed by atoms with Crippen molar-refractivity contribution in [1.82, 2.24) is 10.4 Å². The molecule has 0 atom stereocenters. The van der Waals surface area contributed by atoms with E-state index in [4.69, 9.17) is 0 Å². The van der Waals surface area contributed by atoms with Gasteiger partial charge in [0.05, 0.1) is 11.9 Å². The Labute approximate surface area is 130 Å². The fraction of sp³-hybridized carbons (Fsp3) is 0.143. The number of nitrogens with zero attached hydrogens (tertiary/aromatic N) is 2. The van der Waals surface area contributed by atoms with Gasteiger partial charge in [0.15, 0.2) is 11.4 Å². The van der Waals surface area contributed by atoms with Crippen LogP contribution in [0.5, 0.6) is 5.75 Å². The maximum atomic E-state index is 11.5. The van der Waals surface area contributed by atoms with Crippen molar-refractivity contribution in [1.29, 1.82) is 0 Å². The number of hydrogen-bond donors (Lipinski definition) is 3. The molecule has 22 heavy (non-hydrogen) atoms. The number of aromatic nitrogens is 1. The summed E-state index contributed by atoms with van der Waals surface area (Å²) in [5, 5.41) is 21.7. The van der Waals surface area contributed by atoms with Gasteiger partial charge in [-0.15, -0.1) is 16.7 Å². The van der Waals surface area contributed by atoms with Gasteiger partial charge in [-0.05, 0) is 17.7 Å². The number of pyridine rings is 1. The number of aliphatic hydroxyl groups excluding tert-OH is 1. The van der Waals surface area contributed by atoms with E-state index in [1.54, 1.807) is 5.43 Å². The standard InChI is InChI=1S/C14H13N3O4S/c18-7-11-9(8-22-10-4-2-1-3-5-10)6-15-12(13(11)19)14(20)16-17-21/h1-6,18-19H,7-8H2,(H,16,20,21). The monoisotopic (exact) mass is 319 g/mol. The summed E-state index contributed by atoms with van der Waals surface area (Å²) >= 11 is 1.50. The number of rotatable bonds is 6. The maximum absolute atomic E-state index is 11.5. The first-order valence-corrected chi connectivity index (χ1v) is 7.27. The predicted molar refractivity (Wildman–Crippen MR) is 81.1 cm³/mol. The van der Waals surface area contributed by atoms with Crippen LogP contribution in [-0.4, -0.2) is 21.1 Å². The Kier molecular flexibility index (Phi) is 5.45. The Bertz CT molecular complexity index is 679. The number of thioether (sulfide) groups is 1. The number of benzene rings is 1. The summed E-state index contributed by atoms with van der Waals surface area (Å²) in [5.41, 5.74) is 2.11. The Morgan fingerprint density at radius 2 is 2.05 bits per heavy atom. The molecule has 0 radical (unpaired) electrons. The molecule has 1 heterocycles. The fourth-order valence-electron chi connectivity index (χ4n) is 1.82. The molecule has 2 rings (SSSR count). The van der Waals surface area contributed by atoms with Crippen molar-refractivity contribution >= 4 is 17.7 Å². The summed E-state index contributed by atoms with van der Waals surface area (Å²) in [6.45, 7) is -0.451. The first kappa shape index (κ1) is 15.9. The first-order valence-electron chi connectivity index (χ1n) is 6.28. The summed E-state index contributed by atoms with van der Waals surface area (Å²) in [5.74, 6) is -0.909. The van der Waals surface area contributed by atoms with Crippen LogP contribution in [0.15, 0.2) is 46.7 Å². The molecule has 0 spiro atoms. The zero-order valence-corrected chi connectivity index (χ0v) is 12.2. The van der Waals surface area contributed by atoms with E-state index in [9.17, 15) is 19.9 Å². The molecule has 2 aromatic rings. The molecule has 0 fully saturated rings. The van der Waals surface area contributed by atoms with Crippen LogP contribution < -0.4 is 5.43 Å². The minimum atomic E-state index is -0.926. The smallest absolute Gasteiger partial charge is 0.296 e. The van der Waals surface area contributed by atoms with E-state index in [1.165, 1.54) is 18.0 Å². The van der Waals surface area contributed by atoms with Crippen LogP contribution in [0.3, 0.4) is 0 Å². The molecular weight excluding hydrogens is 306 g/mol. The Hall–Kier alpha value is -2.45. The number of aliphatic hydroxyl groups is 1. The van der Waals surface area contributed by atoms with Gasteiger partial charge in [0.2, 0.25) is 0 Å². The molecule has 1 aromatic heterocycles. The highest BCUT2D eigenvalue weighted by atomic mass is 32.2. The fourth-order valence-corrected chi connectivity index (χ4v) is 2.74. The van der Waals surface area contributed by atoms with Crippen molar-refractivity contribution in [2.24, 2.45) is 5.29 Å². The third-order valence-corrected chi connectivity index (χ3v) is 3.97. The number of carbonyl (C=O) groups excluding carboxylic acids is 1. The zero-order chi connectivity index (χ0) is 15.9. The average molecular weight is 319 g/mol. The predicted octanol–water partition coefficient (Wildman–Crippen LogP) is 1.98. The minimum Gasteiger partial charge on any atom is -0.505 e. The third kappa shape index (κ3) is 3.60. The molecule has 0 aliphatic carbocycles. The number of amides is 1. The molecular formula is C14H13N3O4S. The highest BCUT2D eigenvalue weighted by Crippen LogP contribution is 2.29. The molecule has 114 valence electrons. The van der Waals surface area contributed by atoms with Crippen LogP contribution in [0.4, 0.5) is 0 Å². The lowest BCUT2D eigenvalue weighted by atomic mass is 10.1. The highest BCUT2D eigenvalue weighted by molar-refractivity contribution is 7.98. The Morgan fingerprint density at radius 1 is 1.32 bits per heavy atom. The number of nitroso groups, excluding NO2 is 1. The molecule has 8 heteroatoms. The van der Waals surface area contributed by atoms with Crippen molar-refractivity contribution in [3.63, 3.8) is 0 Å². The number of nitrogens with one attached hydrogen (secondary N) is 1. The van der Waals surface area contributed by atoms with Crippen molar-refractivity contribution < 1.29 is 15.0 Å². The van der Waals surface area contributed by atoms with Gasteiger partial charge in [-0.3, -0.25) is 4.79 Å². The lowest BCUT2D eigenvalue weighted by Crippen LogP contribution is -2.19. The van der Waals surface area contributed by atoms with E-state index in [0.29, 0.717) is 11.3 Å². The van der Waals surface area contributed by atoms with Gasteiger partial charge >= 0.3 is 0 Å². The van der Waals surface area contributed by atoms with Crippen LogP contribution in [0, 0.1) is 4.91 Å². The van der Waals surface area contributed by atoms with Crippen molar-refractivity contribution in [3.8, 4) is 5.75 Å². The van der Waals surface area contributed by atoms with Gasteiger partial charge in [0.1, 0.15) is 0 Å². The number of carbonyl (C=O) groups is 1. The molecule has 0 saturated heterocycles. The SMILES string of the molecule is O=NNC(=O)c1ncc(CSc2ccccc2)c(CO)c1O. The highest BCUT2D eigenvalue weighted by Gasteiger charge is 2.19. The molecule has 3 N–H and O–H groups in total. The molecule has 7 nitrogen and oxygen atoms in total. The van der Waals surface area contributed by atoms with E-state index >= 15 is 0 Å². The maximum Gasteiger partial charge on any atom is 0.296 e. The van der Waals surface area contributed by atoms with Crippen LogP contribution in [-0.2, 0) is 12.4 Å². The lowest BCUT2D eigenvalue weighted by Gasteiger charge is -2.11. The van der Waals surface area contributed by atoms with E-state index in [0.717, 1.165) is 4.90 Å². The summed E-state index contributed by atoms with van der Waals surface area (Å²) < 4.78 is 0. The van der Waals surface area contributed by atoms with E-state index in [1.807, 2.05) is 30.3 Å². The summed E-state index contributed by atoms with van der Waals surface area (Å²) in [4.78, 5) is 26.4. The van der Waals surface area contributed by atoms with Crippen LogP contribution >= 0.6 is 11.8 Å². The number of aromatic hydroxyl groups is 1. The molecule has 0 aliphatic heterocycles. The Balaban J connectivity index is 2.23. The largest absolute Gasteiger partial charge is 0.505 e. The summed E-state index contributed by atoms with van der Waals surface area (Å²) in [7, 11) is 0. The van der Waals surface area contributed by atoms with Crippen molar-refractivity contribution in [2.75, 3.05) is 0 Å². The second kappa shape index (κ2) is 7.53. The van der Waals surface area contributed by atoms with Gasteiger partial charge in [0.25, 0.3) is 5.91 Å². The second-order valence-electron chi connectivity index (χ2n) is 4.25. The summed E-state index contributed by atoms with van der Waals surface area (Å²) in [6.07, 6.45) is 1.39. The quantitative estimate of drug-likeness (QED) is 0.426. The van der Waals surface area contributed by atoms with E-state index in [2.05, 4.69) is 10.3 Å². The van der Waals surface area contributed by atoms with Crippen LogP contribution in [0.25, 0.3) is 0 Å². The van der Waals surface area contributed by atoms with Gasteiger partial charge in [-0.25, -0.2) is 10.4 Å². The van der Waals surface area contributed by atoms with Crippen molar-refractivity contribution in [2.45, 2.75) is 17.3 Å². The van der Waals surface area contributed by atoms with E-state index < -0.39 is 18.3 Å². The molecule has 1 amide bonds. The van der Waals surface area contributed by atoms with Crippen LogP contribution in [0.2, 0.25) is 0 Å². The second-order valence-corrected chi connectivity index (χ2v) is 5.30. The van der Waals surface area contributed by atoms with Gasteiger partial charge in [-0.1, -0.05) is 18.2 Å². The Morgan fingerprint density at radius 3 is 2.68 bits per heavy atom. The number of hydrogen-bond acceptors (Lipinski definition) is 7. The summed E-state index contributed by atoms with van der Waals surface area (Å²) in [6, 6.07) is 9.60. The van der Waals surface area contributed by atoms with Gasteiger partial charge in [-0.2, -0.15) is 0 Å². The zero-order valence-electron chi connectivity index (χ0n) is 11.4. The van der Waals surface area contributed by atoms with E-state index in [-0.39, 0.29) is 11.3 Å². The minimum absolute atomic E-state index is 0.203. The molecule has 0 aliphatic rings. The third-order valence-electron chi connectivity index (χ3n) is 2.91. The van der Waals surface area contributed by atoms with Crippen LogP contribution in [0.1, 0.15) is 21.6 Å². The molecule has 0 unspecified atom stereocenters. The van der Waals surface area contributed by atoms with Crippen molar-refractivity contribution in [3.05, 3.63) is 58.3 Å². The molecule has 1 aromatic carbocycles. The average Bonchev–Trinajstić information content (AvgIpc) is 2.54.